The zero-order chi connectivity index (χ0) is 12.8. The molecule has 0 aliphatic carbocycles. The number of hydrogen-bond acceptors (Lipinski definition) is 4. The van der Waals surface area contributed by atoms with E-state index in [1.54, 1.807) is 6.20 Å². The second kappa shape index (κ2) is 5.82. The summed E-state index contributed by atoms with van der Waals surface area (Å²) in [7, 11) is 0. The van der Waals surface area contributed by atoms with E-state index >= 15 is 0 Å². The molecule has 0 spiro atoms. The zero-order valence-electron chi connectivity index (χ0n) is 9.83. The number of para-hydroxylation sites is 1. The molecule has 0 saturated heterocycles. The molecule has 0 unspecified atom stereocenters. The van der Waals surface area contributed by atoms with Crippen molar-refractivity contribution < 1.29 is 14.3 Å². The van der Waals surface area contributed by atoms with E-state index in [2.05, 4.69) is 11.6 Å². The van der Waals surface area contributed by atoms with E-state index in [0.29, 0.717) is 12.4 Å². The quantitative estimate of drug-likeness (QED) is 0.459. The van der Waals surface area contributed by atoms with E-state index in [1.165, 1.54) is 0 Å². The fourth-order valence-electron chi connectivity index (χ4n) is 1.49. The molecule has 2 rings (SSSR count). The van der Waals surface area contributed by atoms with Crippen molar-refractivity contribution >= 4 is 16.9 Å². The third-order valence-electron chi connectivity index (χ3n) is 2.33. The van der Waals surface area contributed by atoms with E-state index in [1.807, 2.05) is 30.3 Å². The first kappa shape index (κ1) is 12.1. The minimum Gasteiger partial charge on any atom is -0.488 e. The predicted octanol–water partition coefficient (Wildman–Crippen LogP) is 2.34. The highest BCUT2D eigenvalue weighted by Crippen LogP contribution is 2.17. The summed E-state index contributed by atoms with van der Waals surface area (Å²) in [5.74, 6) is 0.207. The van der Waals surface area contributed by atoms with Crippen molar-refractivity contribution in [1.29, 1.82) is 0 Å². The van der Waals surface area contributed by atoms with Gasteiger partial charge in [-0.1, -0.05) is 24.8 Å². The maximum Gasteiger partial charge on any atom is 0.330 e. The summed E-state index contributed by atoms with van der Waals surface area (Å²) in [5, 5.41) is 1.01. The average molecular weight is 243 g/mol. The van der Waals surface area contributed by atoms with Gasteiger partial charge < -0.3 is 9.47 Å². The Kier molecular flexibility index (Phi) is 3.91. The first-order valence-corrected chi connectivity index (χ1v) is 5.56. The van der Waals surface area contributed by atoms with Crippen LogP contribution in [0.3, 0.4) is 0 Å². The number of carbonyl (C=O) groups excluding carboxylic acids is 1. The SMILES string of the molecule is C=CC(=O)OCCOc1cnc2ccccc2c1. The van der Waals surface area contributed by atoms with Gasteiger partial charge in [0.1, 0.15) is 19.0 Å². The molecule has 1 aromatic heterocycles. The van der Waals surface area contributed by atoms with Crippen LogP contribution in [0.15, 0.2) is 49.2 Å². The minimum absolute atomic E-state index is 0.192. The lowest BCUT2D eigenvalue weighted by Crippen LogP contribution is -2.10. The lowest BCUT2D eigenvalue weighted by Gasteiger charge is -2.06. The molecule has 0 radical (unpaired) electrons. The number of carbonyl (C=O) groups is 1. The Labute approximate surface area is 105 Å². The number of aromatic nitrogens is 1. The van der Waals surface area contributed by atoms with Crippen molar-refractivity contribution in [3.05, 3.63) is 49.2 Å². The van der Waals surface area contributed by atoms with Crippen LogP contribution in [-0.4, -0.2) is 24.2 Å². The molecular formula is C14H13NO3. The van der Waals surface area contributed by atoms with E-state index in [-0.39, 0.29) is 6.61 Å². The highest BCUT2D eigenvalue weighted by molar-refractivity contribution is 5.81. The summed E-state index contributed by atoms with van der Waals surface area (Å²) in [6.45, 7) is 3.79. The van der Waals surface area contributed by atoms with Crippen molar-refractivity contribution in [3.63, 3.8) is 0 Å². The van der Waals surface area contributed by atoms with Crippen LogP contribution < -0.4 is 4.74 Å². The Balaban J connectivity index is 1.91. The molecule has 0 amide bonds. The number of fused-ring (bicyclic) bond motifs is 1. The predicted molar refractivity (Wildman–Crippen MR) is 68.4 cm³/mol. The Morgan fingerprint density at radius 1 is 1.33 bits per heavy atom. The van der Waals surface area contributed by atoms with Crippen LogP contribution in [0, 0.1) is 0 Å². The molecule has 0 atom stereocenters. The Hall–Kier alpha value is -2.36. The van der Waals surface area contributed by atoms with Gasteiger partial charge in [-0.05, 0) is 12.1 Å². The van der Waals surface area contributed by atoms with Crippen LogP contribution in [-0.2, 0) is 9.53 Å². The second-order valence-electron chi connectivity index (χ2n) is 3.58. The molecule has 0 fully saturated rings. The fourth-order valence-corrected chi connectivity index (χ4v) is 1.49. The number of nitrogens with zero attached hydrogens (tertiary/aromatic N) is 1. The molecule has 4 heteroatoms. The molecule has 92 valence electrons. The molecule has 0 aliphatic rings. The molecule has 1 aromatic carbocycles. The number of rotatable bonds is 5. The summed E-state index contributed by atoms with van der Waals surface area (Å²) in [6, 6.07) is 9.68. The number of benzene rings is 1. The first-order valence-electron chi connectivity index (χ1n) is 5.56. The first-order chi connectivity index (χ1) is 8.79. The summed E-state index contributed by atoms with van der Waals surface area (Å²) in [4.78, 5) is 15.1. The Bertz CT molecular complexity index is 566. The maximum absolute atomic E-state index is 10.8. The van der Waals surface area contributed by atoms with Crippen molar-refractivity contribution in [2.75, 3.05) is 13.2 Å². The number of ether oxygens (including phenoxy) is 2. The van der Waals surface area contributed by atoms with Gasteiger partial charge in [-0.3, -0.25) is 4.98 Å². The van der Waals surface area contributed by atoms with E-state index < -0.39 is 5.97 Å². The number of esters is 1. The highest BCUT2D eigenvalue weighted by Gasteiger charge is 1.99. The average Bonchev–Trinajstić information content (AvgIpc) is 2.43. The molecular weight excluding hydrogens is 230 g/mol. The normalized spacial score (nSPS) is 10.0. The van der Waals surface area contributed by atoms with Gasteiger partial charge in [-0.15, -0.1) is 0 Å². The van der Waals surface area contributed by atoms with Gasteiger partial charge in [0.2, 0.25) is 0 Å². The fraction of sp³-hybridized carbons (Fsp3) is 0.143. The third kappa shape index (κ3) is 3.07. The lowest BCUT2D eigenvalue weighted by molar-refractivity contribution is -0.138. The Morgan fingerprint density at radius 3 is 3.00 bits per heavy atom. The van der Waals surface area contributed by atoms with Gasteiger partial charge in [0.15, 0.2) is 0 Å². The van der Waals surface area contributed by atoms with Crippen molar-refractivity contribution in [2.45, 2.75) is 0 Å². The third-order valence-corrected chi connectivity index (χ3v) is 2.33. The molecule has 18 heavy (non-hydrogen) atoms. The van der Waals surface area contributed by atoms with Gasteiger partial charge in [-0.2, -0.15) is 0 Å². The maximum atomic E-state index is 10.8. The van der Waals surface area contributed by atoms with E-state index in [9.17, 15) is 4.79 Å². The van der Waals surface area contributed by atoms with Crippen molar-refractivity contribution in [3.8, 4) is 5.75 Å². The van der Waals surface area contributed by atoms with Crippen LogP contribution in [0.25, 0.3) is 10.9 Å². The van der Waals surface area contributed by atoms with Crippen LogP contribution in [0.2, 0.25) is 0 Å². The summed E-state index contributed by atoms with van der Waals surface area (Å²) in [5.41, 5.74) is 0.919. The van der Waals surface area contributed by atoms with Gasteiger partial charge in [0.25, 0.3) is 0 Å². The molecule has 0 N–H and O–H groups in total. The molecule has 0 bridgehead atoms. The van der Waals surface area contributed by atoms with Gasteiger partial charge in [0, 0.05) is 11.5 Å². The summed E-state index contributed by atoms with van der Waals surface area (Å²) < 4.78 is 10.2. The van der Waals surface area contributed by atoms with Crippen molar-refractivity contribution in [1.82, 2.24) is 4.98 Å². The van der Waals surface area contributed by atoms with Crippen LogP contribution >= 0.6 is 0 Å². The molecule has 0 saturated carbocycles. The van der Waals surface area contributed by atoms with Gasteiger partial charge in [-0.25, -0.2) is 4.79 Å². The van der Waals surface area contributed by atoms with Gasteiger partial charge >= 0.3 is 5.97 Å². The van der Waals surface area contributed by atoms with Gasteiger partial charge in [0.05, 0.1) is 11.7 Å². The van der Waals surface area contributed by atoms with E-state index in [0.717, 1.165) is 17.0 Å². The van der Waals surface area contributed by atoms with Crippen LogP contribution in [0.1, 0.15) is 0 Å². The summed E-state index contributed by atoms with van der Waals surface area (Å²) in [6.07, 6.45) is 2.77. The van der Waals surface area contributed by atoms with Crippen LogP contribution in [0.5, 0.6) is 5.75 Å². The minimum atomic E-state index is -0.449. The monoisotopic (exact) mass is 243 g/mol. The Morgan fingerprint density at radius 2 is 2.17 bits per heavy atom. The molecule has 1 heterocycles. The smallest absolute Gasteiger partial charge is 0.330 e. The second-order valence-corrected chi connectivity index (χ2v) is 3.58. The van der Waals surface area contributed by atoms with Crippen LogP contribution in [0.4, 0.5) is 0 Å². The zero-order valence-corrected chi connectivity index (χ0v) is 9.83. The number of pyridine rings is 1. The lowest BCUT2D eigenvalue weighted by atomic mass is 10.2. The molecule has 4 nitrogen and oxygen atoms in total. The molecule has 0 aliphatic heterocycles. The summed E-state index contributed by atoms with van der Waals surface area (Å²) >= 11 is 0. The van der Waals surface area contributed by atoms with Crippen molar-refractivity contribution in [2.24, 2.45) is 0 Å². The highest BCUT2D eigenvalue weighted by atomic mass is 16.6. The number of hydrogen-bond donors (Lipinski definition) is 0. The largest absolute Gasteiger partial charge is 0.488 e. The molecule has 2 aromatic rings. The van der Waals surface area contributed by atoms with E-state index in [4.69, 9.17) is 9.47 Å². The standard InChI is InChI=1S/C14H13NO3/c1-2-14(16)18-8-7-17-12-9-11-5-3-4-6-13(11)15-10-12/h2-6,9-10H,1,7-8H2. The topological polar surface area (TPSA) is 48.4 Å².